The van der Waals surface area contributed by atoms with E-state index >= 15 is 0 Å². The van der Waals surface area contributed by atoms with Crippen LogP contribution in [0.4, 0.5) is 0 Å². The van der Waals surface area contributed by atoms with E-state index in [1.165, 1.54) is 0 Å². The van der Waals surface area contributed by atoms with Gasteiger partial charge in [-0.15, -0.1) is 0 Å². The van der Waals surface area contributed by atoms with E-state index in [0.717, 1.165) is 12.0 Å². The first-order valence-corrected chi connectivity index (χ1v) is 6.00. The zero-order valence-corrected chi connectivity index (χ0v) is 9.85. The highest BCUT2D eigenvalue weighted by atomic mass is 16.4. The zero-order chi connectivity index (χ0) is 12.4. The third kappa shape index (κ3) is 2.09. The fraction of sp³-hybridized carbons (Fsp3) is 0.429. The smallest absolute Gasteiger partial charge is 0.307 e. The predicted molar refractivity (Wildman–Crippen MR) is 64.0 cm³/mol. The highest BCUT2D eigenvalue weighted by Crippen LogP contribution is 2.31. The lowest BCUT2D eigenvalue weighted by atomic mass is 9.75. The average molecular weight is 232 g/mol. The van der Waals surface area contributed by atoms with Crippen molar-refractivity contribution >= 4 is 11.8 Å². The molecule has 0 saturated carbocycles. The van der Waals surface area contributed by atoms with Crippen LogP contribution in [0, 0.1) is 11.8 Å². The summed E-state index contributed by atoms with van der Waals surface area (Å²) in [6.45, 7) is 1.83. The first-order valence-electron chi connectivity index (χ1n) is 6.00. The van der Waals surface area contributed by atoms with Crippen LogP contribution in [0.2, 0.25) is 0 Å². The van der Waals surface area contributed by atoms with E-state index in [0.29, 0.717) is 18.4 Å². The number of hydrogen-bond acceptors (Lipinski definition) is 2. The Hall–Kier alpha value is -1.64. The second-order valence-corrected chi connectivity index (χ2v) is 4.52. The molecule has 3 nitrogen and oxygen atoms in total. The van der Waals surface area contributed by atoms with Gasteiger partial charge in [0, 0.05) is 11.5 Å². The Balaban J connectivity index is 2.31. The normalized spacial score (nSPS) is 20.8. The molecule has 0 radical (unpaired) electrons. The van der Waals surface area contributed by atoms with Crippen molar-refractivity contribution in [2.75, 3.05) is 0 Å². The molecule has 90 valence electrons. The number of aryl methyl sites for hydroxylation is 1. The fourth-order valence-corrected chi connectivity index (χ4v) is 2.64. The Morgan fingerprint density at radius 3 is 2.82 bits per heavy atom. The number of aliphatic carboxylic acids is 1. The summed E-state index contributed by atoms with van der Waals surface area (Å²) in [5.74, 6) is -1.76. The number of benzene rings is 1. The topological polar surface area (TPSA) is 54.4 Å². The van der Waals surface area contributed by atoms with Gasteiger partial charge < -0.3 is 5.11 Å². The van der Waals surface area contributed by atoms with E-state index in [2.05, 4.69) is 0 Å². The minimum absolute atomic E-state index is 0.00102. The van der Waals surface area contributed by atoms with Crippen LogP contribution in [-0.2, 0) is 11.2 Å². The molecule has 1 N–H and O–H groups in total. The van der Waals surface area contributed by atoms with E-state index in [1.807, 2.05) is 25.1 Å². The quantitative estimate of drug-likeness (QED) is 0.871. The van der Waals surface area contributed by atoms with Crippen LogP contribution in [0.25, 0.3) is 0 Å². The Morgan fingerprint density at radius 2 is 2.18 bits per heavy atom. The summed E-state index contributed by atoms with van der Waals surface area (Å²) in [6.07, 6.45) is 1.96. The van der Waals surface area contributed by atoms with E-state index in [4.69, 9.17) is 5.11 Å². The number of hydrogen-bond donors (Lipinski definition) is 1. The van der Waals surface area contributed by atoms with Gasteiger partial charge in [-0.2, -0.15) is 0 Å². The first kappa shape index (κ1) is 11.8. The van der Waals surface area contributed by atoms with Crippen molar-refractivity contribution in [1.82, 2.24) is 0 Å². The molecule has 0 saturated heterocycles. The Morgan fingerprint density at radius 1 is 1.47 bits per heavy atom. The van der Waals surface area contributed by atoms with Crippen molar-refractivity contribution in [2.45, 2.75) is 26.2 Å². The number of carboxylic acid groups (broad SMARTS) is 1. The molecule has 3 heteroatoms. The van der Waals surface area contributed by atoms with Crippen LogP contribution in [-0.4, -0.2) is 16.9 Å². The molecule has 0 heterocycles. The number of rotatable bonds is 3. The summed E-state index contributed by atoms with van der Waals surface area (Å²) < 4.78 is 0. The molecule has 0 amide bonds. The summed E-state index contributed by atoms with van der Waals surface area (Å²) in [7, 11) is 0. The highest BCUT2D eigenvalue weighted by Gasteiger charge is 2.35. The van der Waals surface area contributed by atoms with Gasteiger partial charge in [0.15, 0.2) is 5.78 Å². The zero-order valence-electron chi connectivity index (χ0n) is 9.85. The summed E-state index contributed by atoms with van der Waals surface area (Å²) in [6, 6.07) is 7.51. The molecule has 0 aliphatic heterocycles. The lowest BCUT2D eigenvalue weighted by molar-refractivity contribution is -0.143. The number of carboxylic acids is 1. The SMILES string of the molecule is CCC(C(=O)O)C1CCc2ccccc2C1=O. The van der Waals surface area contributed by atoms with Crippen LogP contribution < -0.4 is 0 Å². The first-order chi connectivity index (χ1) is 8.15. The van der Waals surface area contributed by atoms with Crippen molar-refractivity contribution in [3.05, 3.63) is 35.4 Å². The molecular formula is C14H16O3. The molecule has 1 aromatic carbocycles. The van der Waals surface area contributed by atoms with E-state index in [-0.39, 0.29) is 11.7 Å². The maximum Gasteiger partial charge on any atom is 0.307 e. The standard InChI is InChI=1S/C14H16O3/c1-2-10(14(16)17)12-8-7-9-5-3-4-6-11(9)13(12)15/h3-6,10,12H,2,7-8H2,1H3,(H,16,17). The number of fused-ring (bicyclic) bond motifs is 1. The number of carbonyl (C=O) groups excluding carboxylic acids is 1. The summed E-state index contributed by atoms with van der Waals surface area (Å²) in [5.41, 5.74) is 1.76. The van der Waals surface area contributed by atoms with Gasteiger partial charge in [0.25, 0.3) is 0 Å². The van der Waals surface area contributed by atoms with Crippen molar-refractivity contribution < 1.29 is 14.7 Å². The summed E-state index contributed by atoms with van der Waals surface area (Å²) in [4.78, 5) is 23.4. The van der Waals surface area contributed by atoms with Crippen LogP contribution in [0.1, 0.15) is 35.7 Å². The van der Waals surface area contributed by atoms with Gasteiger partial charge in [-0.3, -0.25) is 9.59 Å². The molecular weight excluding hydrogens is 216 g/mol. The van der Waals surface area contributed by atoms with Gasteiger partial charge in [0.2, 0.25) is 0 Å². The third-order valence-electron chi connectivity index (χ3n) is 3.59. The van der Waals surface area contributed by atoms with Crippen molar-refractivity contribution in [2.24, 2.45) is 11.8 Å². The van der Waals surface area contributed by atoms with Gasteiger partial charge in [-0.05, 0) is 24.8 Å². The summed E-state index contributed by atoms with van der Waals surface area (Å²) in [5, 5.41) is 9.14. The molecule has 2 rings (SSSR count). The monoisotopic (exact) mass is 232 g/mol. The molecule has 1 aliphatic rings. The van der Waals surface area contributed by atoms with Crippen LogP contribution in [0.5, 0.6) is 0 Å². The second kappa shape index (κ2) is 4.70. The van der Waals surface area contributed by atoms with Crippen molar-refractivity contribution in [1.29, 1.82) is 0 Å². The molecule has 1 aliphatic carbocycles. The largest absolute Gasteiger partial charge is 0.481 e. The van der Waals surface area contributed by atoms with Gasteiger partial charge in [0.05, 0.1) is 5.92 Å². The fourth-order valence-electron chi connectivity index (χ4n) is 2.64. The van der Waals surface area contributed by atoms with Crippen LogP contribution in [0.3, 0.4) is 0 Å². The van der Waals surface area contributed by atoms with Crippen LogP contribution in [0.15, 0.2) is 24.3 Å². The molecule has 2 atom stereocenters. The van der Waals surface area contributed by atoms with Gasteiger partial charge in [0.1, 0.15) is 0 Å². The van der Waals surface area contributed by atoms with E-state index in [9.17, 15) is 9.59 Å². The van der Waals surface area contributed by atoms with E-state index < -0.39 is 11.9 Å². The summed E-state index contributed by atoms with van der Waals surface area (Å²) >= 11 is 0. The molecule has 17 heavy (non-hydrogen) atoms. The second-order valence-electron chi connectivity index (χ2n) is 4.52. The molecule has 0 aromatic heterocycles. The Kier molecular flexibility index (Phi) is 3.27. The average Bonchev–Trinajstić information content (AvgIpc) is 2.33. The maximum atomic E-state index is 12.3. The number of Topliss-reactive ketones (excluding diaryl/α,β-unsaturated/α-hetero) is 1. The van der Waals surface area contributed by atoms with Gasteiger partial charge in [-0.1, -0.05) is 31.2 Å². The lowest BCUT2D eigenvalue weighted by Gasteiger charge is -2.27. The number of carbonyl (C=O) groups is 2. The lowest BCUT2D eigenvalue weighted by Crippen LogP contribution is -2.33. The molecule has 0 bridgehead atoms. The Labute approximate surface area is 100 Å². The number of ketones is 1. The molecule has 1 aromatic rings. The minimum atomic E-state index is -0.856. The Bertz CT molecular complexity index is 451. The highest BCUT2D eigenvalue weighted by molar-refractivity contribution is 6.02. The van der Waals surface area contributed by atoms with Gasteiger partial charge >= 0.3 is 5.97 Å². The van der Waals surface area contributed by atoms with E-state index in [1.54, 1.807) is 6.07 Å². The molecule has 2 unspecified atom stereocenters. The van der Waals surface area contributed by atoms with Crippen LogP contribution >= 0.6 is 0 Å². The molecule has 0 spiro atoms. The maximum absolute atomic E-state index is 12.3. The minimum Gasteiger partial charge on any atom is -0.481 e. The van der Waals surface area contributed by atoms with Crippen molar-refractivity contribution in [3.63, 3.8) is 0 Å². The van der Waals surface area contributed by atoms with Gasteiger partial charge in [-0.25, -0.2) is 0 Å². The molecule has 0 fully saturated rings. The van der Waals surface area contributed by atoms with Crippen molar-refractivity contribution in [3.8, 4) is 0 Å². The third-order valence-corrected chi connectivity index (χ3v) is 3.59. The predicted octanol–water partition coefficient (Wildman–Crippen LogP) is 2.54.